The first-order valence-electron chi connectivity index (χ1n) is 4.40. The van der Waals surface area contributed by atoms with Crippen molar-refractivity contribution in [3.05, 3.63) is 22.2 Å². The highest BCUT2D eigenvalue weighted by Crippen LogP contribution is 2.38. The van der Waals surface area contributed by atoms with Crippen LogP contribution in [0.5, 0.6) is 11.5 Å². The molecule has 1 rings (SSSR count). The zero-order valence-corrected chi connectivity index (χ0v) is 10.4. The van der Waals surface area contributed by atoms with Gasteiger partial charge in [-0.2, -0.15) is 5.26 Å². The van der Waals surface area contributed by atoms with Crippen molar-refractivity contribution in [2.75, 3.05) is 7.11 Å². The maximum absolute atomic E-state index is 9.61. The average molecular weight is 270 g/mol. The highest BCUT2D eigenvalue weighted by molar-refractivity contribution is 9.10. The number of benzene rings is 1. The van der Waals surface area contributed by atoms with Gasteiger partial charge in [0.1, 0.15) is 0 Å². The summed E-state index contributed by atoms with van der Waals surface area (Å²) < 4.78 is 5.54. The van der Waals surface area contributed by atoms with Gasteiger partial charge in [-0.3, -0.25) is 0 Å². The number of ether oxygens (including phenoxy) is 1. The molecular formula is C11H12BrNO2. The molecule has 4 heteroatoms. The Hall–Kier alpha value is -1.21. The summed E-state index contributed by atoms with van der Waals surface area (Å²) in [6.07, 6.45) is 0. The summed E-state index contributed by atoms with van der Waals surface area (Å²) in [6, 6.07) is 5.59. The molecule has 0 radical (unpaired) electrons. The van der Waals surface area contributed by atoms with E-state index in [0.29, 0.717) is 10.2 Å². The van der Waals surface area contributed by atoms with E-state index in [4.69, 9.17) is 10.00 Å². The third-order valence-corrected chi connectivity index (χ3v) is 2.85. The van der Waals surface area contributed by atoms with Gasteiger partial charge < -0.3 is 9.84 Å². The number of nitriles is 1. The lowest BCUT2D eigenvalue weighted by Gasteiger charge is -2.18. The Labute approximate surface area is 97.4 Å². The molecule has 0 aliphatic carbocycles. The molecule has 80 valence electrons. The summed E-state index contributed by atoms with van der Waals surface area (Å²) in [6.45, 7) is 3.62. The van der Waals surface area contributed by atoms with Crippen LogP contribution in [-0.2, 0) is 5.41 Å². The fourth-order valence-electron chi connectivity index (χ4n) is 1.15. The second-order valence-electron chi connectivity index (χ2n) is 3.75. The van der Waals surface area contributed by atoms with Gasteiger partial charge in [-0.05, 0) is 47.5 Å². The van der Waals surface area contributed by atoms with Gasteiger partial charge in [0.15, 0.2) is 11.5 Å². The maximum atomic E-state index is 9.61. The van der Waals surface area contributed by atoms with Crippen molar-refractivity contribution in [3.8, 4) is 17.6 Å². The van der Waals surface area contributed by atoms with E-state index in [1.165, 1.54) is 7.11 Å². The average Bonchev–Trinajstić information content (AvgIpc) is 2.21. The van der Waals surface area contributed by atoms with Crippen LogP contribution in [-0.4, -0.2) is 12.2 Å². The molecule has 0 saturated heterocycles. The first-order valence-corrected chi connectivity index (χ1v) is 5.20. The predicted octanol–water partition coefficient (Wildman–Crippen LogP) is 2.96. The summed E-state index contributed by atoms with van der Waals surface area (Å²) >= 11 is 3.22. The SMILES string of the molecule is COc1cc(C(C)(C)C#N)cc(Br)c1O. The molecular weight excluding hydrogens is 258 g/mol. The second-order valence-corrected chi connectivity index (χ2v) is 4.60. The monoisotopic (exact) mass is 269 g/mol. The minimum atomic E-state index is -0.608. The minimum Gasteiger partial charge on any atom is -0.503 e. The van der Waals surface area contributed by atoms with Gasteiger partial charge in [0.2, 0.25) is 0 Å². The van der Waals surface area contributed by atoms with Crippen molar-refractivity contribution in [1.29, 1.82) is 5.26 Å². The van der Waals surface area contributed by atoms with Crippen molar-refractivity contribution >= 4 is 15.9 Å². The fourth-order valence-corrected chi connectivity index (χ4v) is 1.60. The third-order valence-electron chi connectivity index (χ3n) is 2.25. The van der Waals surface area contributed by atoms with Crippen LogP contribution in [0.3, 0.4) is 0 Å². The lowest BCUT2D eigenvalue weighted by molar-refractivity contribution is 0.370. The van der Waals surface area contributed by atoms with Crippen LogP contribution >= 0.6 is 15.9 Å². The highest BCUT2D eigenvalue weighted by atomic mass is 79.9. The van der Waals surface area contributed by atoms with Crippen LogP contribution in [0, 0.1) is 11.3 Å². The van der Waals surface area contributed by atoms with Crippen LogP contribution in [0.15, 0.2) is 16.6 Å². The number of aromatic hydroxyl groups is 1. The first-order chi connectivity index (χ1) is 6.92. The molecule has 0 aliphatic heterocycles. The molecule has 0 aromatic heterocycles. The Balaban J connectivity index is 3.36. The molecule has 1 aromatic rings. The number of halogens is 1. The molecule has 0 amide bonds. The number of phenolic OH excluding ortho intramolecular Hbond substituents is 1. The number of hydrogen-bond donors (Lipinski definition) is 1. The van der Waals surface area contributed by atoms with Crippen molar-refractivity contribution in [2.24, 2.45) is 0 Å². The number of rotatable bonds is 2. The molecule has 0 spiro atoms. The molecule has 15 heavy (non-hydrogen) atoms. The normalized spacial score (nSPS) is 10.9. The van der Waals surface area contributed by atoms with Crippen molar-refractivity contribution < 1.29 is 9.84 Å². The number of hydrogen-bond acceptors (Lipinski definition) is 3. The van der Waals surface area contributed by atoms with E-state index in [1.807, 2.05) is 13.8 Å². The van der Waals surface area contributed by atoms with Crippen LogP contribution < -0.4 is 4.74 Å². The van der Waals surface area contributed by atoms with E-state index in [2.05, 4.69) is 22.0 Å². The molecule has 0 bridgehead atoms. The Morgan fingerprint density at radius 3 is 2.53 bits per heavy atom. The summed E-state index contributed by atoms with van der Waals surface area (Å²) in [5.74, 6) is 0.415. The molecule has 0 atom stereocenters. The maximum Gasteiger partial charge on any atom is 0.172 e. The Morgan fingerprint density at radius 1 is 1.47 bits per heavy atom. The number of methoxy groups -OCH3 is 1. The van der Waals surface area contributed by atoms with E-state index >= 15 is 0 Å². The zero-order chi connectivity index (χ0) is 11.6. The Bertz CT molecular complexity index is 421. The summed E-state index contributed by atoms with van der Waals surface area (Å²) in [7, 11) is 1.48. The van der Waals surface area contributed by atoms with Crippen molar-refractivity contribution in [2.45, 2.75) is 19.3 Å². The highest BCUT2D eigenvalue weighted by Gasteiger charge is 2.22. The quantitative estimate of drug-likeness (QED) is 0.898. The standard InChI is InChI=1S/C11H12BrNO2/c1-11(2,6-13)7-4-8(12)10(14)9(5-7)15-3/h4-5,14H,1-3H3. The van der Waals surface area contributed by atoms with E-state index in [1.54, 1.807) is 12.1 Å². The van der Waals surface area contributed by atoms with Gasteiger partial charge >= 0.3 is 0 Å². The van der Waals surface area contributed by atoms with E-state index in [-0.39, 0.29) is 5.75 Å². The number of phenols is 1. The van der Waals surface area contributed by atoms with Crippen LogP contribution in [0.25, 0.3) is 0 Å². The lowest BCUT2D eigenvalue weighted by Crippen LogP contribution is -2.13. The van der Waals surface area contributed by atoms with Gasteiger partial charge in [-0.25, -0.2) is 0 Å². The van der Waals surface area contributed by atoms with E-state index in [0.717, 1.165) is 5.56 Å². The lowest BCUT2D eigenvalue weighted by atomic mass is 9.86. The summed E-state index contributed by atoms with van der Waals surface area (Å²) in [5, 5.41) is 18.6. The van der Waals surface area contributed by atoms with Crippen LogP contribution in [0.4, 0.5) is 0 Å². The van der Waals surface area contributed by atoms with Crippen molar-refractivity contribution in [1.82, 2.24) is 0 Å². The van der Waals surface area contributed by atoms with Gasteiger partial charge in [0.25, 0.3) is 0 Å². The van der Waals surface area contributed by atoms with E-state index in [9.17, 15) is 5.11 Å². The molecule has 0 unspecified atom stereocenters. The van der Waals surface area contributed by atoms with Gasteiger partial charge in [-0.1, -0.05) is 0 Å². The largest absolute Gasteiger partial charge is 0.503 e. The first kappa shape index (κ1) is 11.9. The van der Waals surface area contributed by atoms with Gasteiger partial charge in [0.05, 0.1) is 23.1 Å². The zero-order valence-electron chi connectivity index (χ0n) is 8.84. The van der Waals surface area contributed by atoms with Gasteiger partial charge in [0, 0.05) is 0 Å². The minimum absolute atomic E-state index is 0.0509. The fraction of sp³-hybridized carbons (Fsp3) is 0.364. The Morgan fingerprint density at radius 2 is 2.07 bits per heavy atom. The molecule has 3 nitrogen and oxygen atoms in total. The van der Waals surface area contributed by atoms with Gasteiger partial charge in [-0.15, -0.1) is 0 Å². The van der Waals surface area contributed by atoms with Crippen LogP contribution in [0.1, 0.15) is 19.4 Å². The van der Waals surface area contributed by atoms with E-state index < -0.39 is 5.41 Å². The molecule has 1 aromatic carbocycles. The predicted molar refractivity (Wildman–Crippen MR) is 61.0 cm³/mol. The molecule has 0 fully saturated rings. The smallest absolute Gasteiger partial charge is 0.172 e. The second kappa shape index (κ2) is 4.11. The summed E-state index contributed by atoms with van der Waals surface area (Å²) in [4.78, 5) is 0. The topological polar surface area (TPSA) is 53.2 Å². The summed E-state index contributed by atoms with van der Waals surface area (Å²) in [5.41, 5.74) is 0.190. The number of nitrogens with zero attached hydrogens (tertiary/aromatic N) is 1. The molecule has 1 N–H and O–H groups in total. The Kier molecular flexibility index (Phi) is 3.25. The third kappa shape index (κ3) is 2.24. The molecule has 0 heterocycles. The molecule has 0 saturated carbocycles. The van der Waals surface area contributed by atoms with Crippen molar-refractivity contribution in [3.63, 3.8) is 0 Å². The molecule has 0 aliphatic rings. The van der Waals surface area contributed by atoms with Crippen LogP contribution in [0.2, 0.25) is 0 Å².